The number of carbonyl (C=O) groups is 2. The Balaban J connectivity index is 3.52. The molecule has 17 heavy (non-hydrogen) atoms. The predicted molar refractivity (Wildman–Crippen MR) is 69.5 cm³/mol. The molecule has 2 amide bonds. The zero-order valence-corrected chi connectivity index (χ0v) is 10.9. The summed E-state index contributed by atoms with van der Waals surface area (Å²) in [6.07, 6.45) is 3.03. The van der Waals surface area contributed by atoms with E-state index in [1.807, 2.05) is 19.9 Å². The Morgan fingerprint density at radius 2 is 1.71 bits per heavy atom. The van der Waals surface area contributed by atoms with Crippen molar-refractivity contribution in [3.8, 4) is 0 Å². The third-order valence-electron chi connectivity index (χ3n) is 2.04. The summed E-state index contributed by atoms with van der Waals surface area (Å²) in [6.45, 7) is 10.2. The molecule has 0 saturated heterocycles. The molecule has 0 unspecified atom stereocenters. The van der Waals surface area contributed by atoms with Gasteiger partial charge in [-0.2, -0.15) is 0 Å². The largest absolute Gasteiger partial charge is 0.356 e. The first-order valence-electron chi connectivity index (χ1n) is 5.77. The fourth-order valence-corrected chi connectivity index (χ4v) is 1.04. The molecule has 0 rings (SSSR count). The molecule has 4 heteroatoms. The van der Waals surface area contributed by atoms with E-state index in [1.54, 1.807) is 6.92 Å². The SMILES string of the molecule is C=C(C)C(=O)NCCCNC(=O)CC=C(C)C. The summed E-state index contributed by atoms with van der Waals surface area (Å²) < 4.78 is 0. The fourth-order valence-electron chi connectivity index (χ4n) is 1.04. The van der Waals surface area contributed by atoms with E-state index in [-0.39, 0.29) is 11.8 Å². The zero-order chi connectivity index (χ0) is 13.3. The van der Waals surface area contributed by atoms with Crippen LogP contribution in [0.15, 0.2) is 23.8 Å². The summed E-state index contributed by atoms with van der Waals surface area (Å²) >= 11 is 0. The molecule has 0 aromatic carbocycles. The van der Waals surface area contributed by atoms with Crippen molar-refractivity contribution >= 4 is 11.8 Å². The van der Waals surface area contributed by atoms with E-state index in [9.17, 15) is 9.59 Å². The maximum absolute atomic E-state index is 11.3. The number of amides is 2. The maximum Gasteiger partial charge on any atom is 0.246 e. The number of carbonyl (C=O) groups excluding carboxylic acids is 2. The lowest BCUT2D eigenvalue weighted by Crippen LogP contribution is -2.29. The van der Waals surface area contributed by atoms with E-state index < -0.39 is 0 Å². The molecule has 0 fully saturated rings. The van der Waals surface area contributed by atoms with Gasteiger partial charge in [0, 0.05) is 25.1 Å². The van der Waals surface area contributed by atoms with E-state index in [0.717, 1.165) is 12.0 Å². The van der Waals surface area contributed by atoms with Crippen LogP contribution in [0.3, 0.4) is 0 Å². The second-order valence-corrected chi connectivity index (χ2v) is 4.23. The highest BCUT2D eigenvalue weighted by molar-refractivity contribution is 5.92. The van der Waals surface area contributed by atoms with E-state index in [4.69, 9.17) is 0 Å². The molecule has 4 nitrogen and oxygen atoms in total. The molecule has 0 aromatic heterocycles. The van der Waals surface area contributed by atoms with Gasteiger partial charge in [-0.15, -0.1) is 0 Å². The third-order valence-corrected chi connectivity index (χ3v) is 2.04. The quantitative estimate of drug-likeness (QED) is 0.401. The van der Waals surface area contributed by atoms with Crippen molar-refractivity contribution in [2.45, 2.75) is 33.6 Å². The number of rotatable bonds is 7. The summed E-state index contributed by atoms with van der Waals surface area (Å²) in [7, 11) is 0. The average Bonchev–Trinajstić information content (AvgIpc) is 2.25. The van der Waals surface area contributed by atoms with Crippen LogP contribution in [0.1, 0.15) is 33.6 Å². The highest BCUT2D eigenvalue weighted by Gasteiger charge is 2.00. The first-order valence-corrected chi connectivity index (χ1v) is 5.77. The van der Waals surface area contributed by atoms with E-state index in [2.05, 4.69) is 17.2 Å². The van der Waals surface area contributed by atoms with Gasteiger partial charge in [-0.1, -0.05) is 18.2 Å². The van der Waals surface area contributed by atoms with Gasteiger partial charge in [-0.05, 0) is 27.2 Å². The van der Waals surface area contributed by atoms with Crippen molar-refractivity contribution in [1.82, 2.24) is 10.6 Å². The zero-order valence-electron chi connectivity index (χ0n) is 10.9. The maximum atomic E-state index is 11.3. The lowest BCUT2D eigenvalue weighted by Gasteiger charge is -2.05. The molecular weight excluding hydrogens is 216 g/mol. The molecule has 0 radical (unpaired) electrons. The Hall–Kier alpha value is -1.58. The molecule has 0 heterocycles. The van der Waals surface area contributed by atoms with Crippen LogP contribution in [-0.4, -0.2) is 24.9 Å². The third kappa shape index (κ3) is 9.35. The van der Waals surface area contributed by atoms with Gasteiger partial charge in [0.25, 0.3) is 0 Å². The minimum atomic E-state index is -0.138. The van der Waals surface area contributed by atoms with Gasteiger partial charge in [0.2, 0.25) is 11.8 Å². The molecule has 96 valence electrons. The first kappa shape index (κ1) is 15.4. The van der Waals surface area contributed by atoms with Gasteiger partial charge in [-0.3, -0.25) is 9.59 Å². The molecule has 0 aromatic rings. The van der Waals surface area contributed by atoms with Crippen LogP contribution in [-0.2, 0) is 9.59 Å². The summed E-state index contributed by atoms with van der Waals surface area (Å²) in [5.74, 6) is -0.127. The lowest BCUT2D eigenvalue weighted by atomic mass is 10.2. The average molecular weight is 238 g/mol. The van der Waals surface area contributed by atoms with Crippen LogP contribution in [0.2, 0.25) is 0 Å². The van der Waals surface area contributed by atoms with Gasteiger partial charge < -0.3 is 10.6 Å². The van der Waals surface area contributed by atoms with Crippen molar-refractivity contribution < 1.29 is 9.59 Å². The first-order chi connectivity index (χ1) is 7.93. The van der Waals surface area contributed by atoms with Crippen LogP contribution in [0, 0.1) is 0 Å². The molecule has 0 aliphatic rings. The summed E-state index contributed by atoms with van der Waals surface area (Å²) in [5.41, 5.74) is 1.63. The van der Waals surface area contributed by atoms with E-state index in [1.165, 1.54) is 0 Å². The Morgan fingerprint density at radius 3 is 2.24 bits per heavy atom. The van der Waals surface area contributed by atoms with Crippen molar-refractivity contribution in [3.05, 3.63) is 23.8 Å². The fraction of sp³-hybridized carbons (Fsp3) is 0.538. The lowest BCUT2D eigenvalue weighted by molar-refractivity contribution is -0.120. The smallest absolute Gasteiger partial charge is 0.246 e. The van der Waals surface area contributed by atoms with Crippen molar-refractivity contribution in [1.29, 1.82) is 0 Å². The Bertz CT molecular complexity index is 315. The van der Waals surface area contributed by atoms with Crippen molar-refractivity contribution in [2.75, 3.05) is 13.1 Å². The number of hydrogen-bond acceptors (Lipinski definition) is 2. The summed E-state index contributed by atoms with van der Waals surface area (Å²) in [5, 5.41) is 5.49. The molecule has 0 bridgehead atoms. The van der Waals surface area contributed by atoms with Crippen LogP contribution in [0.5, 0.6) is 0 Å². The molecule has 0 saturated carbocycles. The molecule has 0 aliphatic heterocycles. The van der Waals surface area contributed by atoms with Crippen LogP contribution < -0.4 is 10.6 Å². The normalized spacial score (nSPS) is 9.35. The Kier molecular flexibility index (Phi) is 7.76. The topological polar surface area (TPSA) is 58.2 Å². The van der Waals surface area contributed by atoms with Crippen LogP contribution in [0.4, 0.5) is 0 Å². The number of allylic oxidation sites excluding steroid dienone is 1. The van der Waals surface area contributed by atoms with Gasteiger partial charge in [-0.25, -0.2) is 0 Å². The van der Waals surface area contributed by atoms with Crippen molar-refractivity contribution in [2.24, 2.45) is 0 Å². The monoisotopic (exact) mass is 238 g/mol. The van der Waals surface area contributed by atoms with Crippen LogP contribution in [0.25, 0.3) is 0 Å². The highest BCUT2D eigenvalue weighted by Crippen LogP contribution is 1.92. The minimum absolute atomic E-state index is 0.0115. The van der Waals surface area contributed by atoms with E-state index >= 15 is 0 Å². The molecule has 2 N–H and O–H groups in total. The van der Waals surface area contributed by atoms with Gasteiger partial charge in [0.15, 0.2) is 0 Å². The molecule has 0 spiro atoms. The number of hydrogen-bond donors (Lipinski definition) is 2. The number of nitrogens with one attached hydrogen (secondary N) is 2. The molecule has 0 aliphatic carbocycles. The van der Waals surface area contributed by atoms with Gasteiger partial charge in [0.05, 0.1) is 0 Å². The van der Waals surface area contributed by atoms with E-state index in [0.29, 0.717) is 25.1 Å². The minimum Gasteiger partial charge on any atom is -0.356 e. The Labute approximate surface area is 103 Å². The van der Waals surface area contributed by atoms with Gasteiger partial charge in [0.1, 0.15) is 0 Å². The Morgan fingerprint density at radius 1 is 1.12 bits per heavy atom. The molecule has 0 atom stereocenters. The molecular formula is C13H22N2O2. The van der Waals surface area contributed by atoms with Crippen LogP contribution >= 0.6 is 0 Å². The standard InChI is InChI=1S/C13H22N2O2/c1-10(2)6-7-12(16)14-8-5-9-15-13(17)11(3)4/h6H,3,5,7-9H2,1-2,4H3,(H,14,16)(H,15,17). The summed E-state index contributed by atoms with van der Waals surface area (Å²) in [4.78, 5) is 22.4. The second-order valence-electron chi connectivity index (χ2n) is 4.23. The summed E-state index contributed by atoms with van der Waals surface area (Å²) in [6, 6.07) is 0. The van der Waals surface area contributed by atoms with Crippen molar-refractivity contribution in [3.63, 3.8) is 0 Å². The van der Waals surface area contributed by atoms with Gasteiger partial charge >= 0.3 is 0 Å². The predicted octanol–water partition coefficient (Wildman–Crippen LogP) is 1.54. The second kappa shape index (κ2) is 8.56. The highest BCUT2D eigenvalue weighted by atomic mass is 16.2.